The van der Waals surface area contributed by atoms with Crippen molar-refractivity contribution in [1.29, 1.82) is 0 Å². The Balaban J connectivity index is 1.65. The molecule has 0 aliphatic carbocycles. The van der Waals surface area contributed by atoms with Gasteiger partial charge in [0.1, 0.15) is 12.9 Å². The third kappa shape index (κ3) is 2.36. The number of hydrogen-bond acceptors (Lipinski definition) is 7. The molecule has 1 aliphatic rings. The first-order chi connectivity index (χ1) is 8.81. The monoisotopic (exact) mass is 265 g/mol. The zero-order chi connectivity index (χ0) is 12.4. The summed E-state index contributed by atoms with van der Waals surface area (Å²) in [5.41, 5.74) is 1.08. The number of nitrogens with zero attached hydrogens (tertiary/aromatic N) is 5. The highest BCUT2D eigenvalue weighted by Gasteiger charge is 2.16. The summed E-state index contributed by atoms with van der Waals surface area (Å²) < 4.78 is 1.37. The van der Waals surface area contributed by atoms with E-state index in [-0.39, 0.29) is 12.5 Å². The van der Waals surface area contributed by atoms with Gasteiger partial charge in [0, 0.05) is 24.4 Å². The van der Waals surface area contributed by atoms with Crippen molar-refractivity contribution in [1.82, 2.24) is 30.5 Å². The number of carbonyl (C=O) groups excluding carboxylic acids is 1. The predicted octanol–water partition coefficient (Wildman–Crippen LogP) is -0.586. The van der Waals surface area contributed by atoms with Crippen molar-refractivity contribution < 1.29 is 4.79 Å². The molecule has 3 rings (SSSR count). The van der Waals surface area contributed by atoms with E-state index in [0.29, 0.717) is 5.13 Å². The molecule has 0 saturated carbocycles. The van der Waals surface area contributed by atoms with Crippen molar-refractivity contribution in [2.24, 2.45) is 0 Å². The molecule has 0 radical (unpaired) electrons. The van der Waals surface area contributed by atoms with Gasteiger partial charge >= 0.3 is 0 Å². The standard InChI is InChI=1S/C9H11N7OS/c17-8(4-16-5-11-14-15-16)13-9-12-6-1-2-10-3-7(6)18-9/h5,10H,1-4H2,(H,12,13,17). The van der Waals surface area contributed by atoms with E-state index in [9.17, 15) is 4.79 Å². The third-order valence-electron chi connectivity index (χ3n) is 2.55. The summed E-state index contributed by atoms with van der Waals surface area (Å²) in [6.45, 7) is 1.86. The van der Waals surface area contributed by atoms with Crippen LogP contribution < -0.4 is 10.6 Å². The summed E-state index contributed by atoms with van der Waals surface area (Å²) in [6.07, 6.45) is 2.31. The lowest BCUT2D eigenvalue weighted by atomic mass is 10.2. The molecule has 2 aromatic rings. The van der Waals surface area contributed by atoms with Crippen molar-refractivity contribution in [2.75, 3.05) is 11.9 Å². The molecule has 2 aromatic heterocycles. The predicted molar refractivity (Wildman–Crippen MR) is 64.0 cm³/mol. The van der Waals surface area contributed by atoms with Crippen LogP contribution in [0.5, 0.6) is 0 Å². The second kappa shape index (κ2) is 4.78. The Morgan fingerprint density at radius 2 is 2.56 bits per heavy atom. The van der Waals surface area contributed by atoms with Crippen LogP contribution in [0.3, 0.4) is 0 Å². The summed E-state index contributed by atoms with van der Waals surface area (Å²) >= 11 is 1.51. The number of hydrogen-bond donors (Lipinski definition) is 2. The van der Waals surface area contributed by atoms with Crippen LogP contribution in [0.4, 0.5) is 5.13 Å². The van der Waals surface area contributed by atoms with Gasteiger partial charge in [-0.25, -0.2) is 9.67 Å². The lowest BCUT2D eigenvalue weighted by Gasteiger charge is -2.09. The molecular formula is C9H11N7OS. The molecule has 0 aromatic carbocycles. The molecule has 3 heterocycles. The Morgan fingerprint density at radius 1 is 1.61 bits per heavy atom. The maximum Gasteiger partial charge on any atom is 0.248 e. The molecule has 9 heteroatoms. The Bertz CT molecular complexity index is 526. The minimum absolute atomic E-state index is 0.0928. The second-order valence-electron chi connectivity index (χ2n) is 3.87. The number of nitrogens with one attached hydrogen (secondary N) is 2. The fourth-order valence-corrected chi connectivity index (χ4v) is 2.73. The lowest BCUT2D eigenvalue weighted by Crippen LogP contribution is -2.22. The average molecular weight is 265 g/mol. The number of carbonyl (C=O) groups is 1. The van der Waals surface area contributed by atoms with E-state index in [2.05, 4.69) is 31.1 Å². The summed E-state index contributed by atoms with van der Waals surface area (Å²) in [5.74, 6) is -0.179. The highest BCUT2D eigenvalue weighted by Crippen LogP contribution is 2.25. The fraction of sp³-hybridized carbons (Fsp3) is 0.444. The van der Waals surface area contributed by atoms with Gasteiger partial charge in [0.05, 0.1) is 5.69 Å². The molecule has 8 nitrogen and oxygen atoms in total. The first kappa shape index (κ1) is 11.2. The van der Waals surface area contributed by atoms with Crippen LogP contribution in [-0.4, -0.2) is 37.6 Å². The van der Waals surface area contributed by atoms with Gasteiger partial charge in [0.2, 0.25) is 5.91 Å². The van der Waals surface area contributed by atoms with E-state index in [4.69, 9.17) is 0 Å². The summed E-state index contributed by atoms with van der Waals surface area (Å²) in [7, 11) is 0. The maximum atomic E-state index is 11.7. The average Bonchev–Trinajstić information content (AvgIpc) is 2.96. The molecule has 18 heavy (non-hydrogen) atoms. The second-order valence-corrected chi connectivity index (χ2v) is 4.95. The van der Waals surface area contributed by atoms with Gasteiger partial charge < -0.3 is 10.6 Å². The van der Waals surface area contributed by atoms with Crippen molar-refractivity contribution in [2.45, 2.75) is 19.5 Å². The van der Waals surface area contributed by atoms with Gasteiger partial charge in [-0.05, 0) is 10.4 Å². The topological polar surface area (TPSA) is 97.6 Å². The number of amides is 1. The number of fused-ring (bicyclic) bond motifs is 1. The first-order valence-corrected chi connectivity index (χ1v) is 6.33. The molecule has 94 valence electrons. The largest absolute Gasteiger partial charge is 0.311 e. The molecule has 0 spiro atoms. The summed E-state index contributed by atoms with van der Waals surface area (Å²) in [5, 5.41) is 17.2. The normalized spacial score (nSPS) is 14.2. The highest BCUT2D eigenvalue weighted by atomic mass is 32.1. The molecule has 0 saturated heterocycles. The zero-order valence-electron chi connectivity index (χ0n) is 9.46. The first-order valence-electron chi connectivity index (χ1n) is 5.51. The lowest BCUT2D eigenvalue weighted by molar-refractivity contribution is -0.116. The molecule has 0 fully saturated rings. The Morgan fingerprint density at radius 3 is 3.33 bits per heavy atom. The van der Waals surface area contributed by atoms with Crippen LogP contribution in [0.2, 0.25) is 0 Å². The number of tetrazole rings is 1. The zero-order valence-corrected chi connectivity index (χ0v) is 10.3. The number of anilines is 1. The highest BCUT2D eigenvalue weighted by molar-refractivity contribution is 7.15. The van der Waals surface area contributed by atoms with E-state index in [1.165, 1.54) is 27.2 Å². The number of rotatable bonds is 3. The summed E-state index contributed by atoms with van der Waals surface area (Å²) in [6, 6.07) is 0. The third-order valence-corrected chi connectivity index (χ3v) is 3.56. The van der Waals surface area contributed by atoms with Crippen LogP contribution in [-0.2, 0) is 24.3 Å². The van der Waals surface area contributed by atoms with Gasteiger partial charge in [0.25, 0.3) is 0 Å². The van der Waals surface area contributed by atoms with E-state index in [1.54, 1.807) is 0 Å². The van der Waals surface area contributed by atoms with Gasteiger partial charge in [-0.1, -0.05) is 0 Å². The number of aromatic nitrogens is 5. The molecule has 0 bridgehead atoms. The smallest absolute Gasteiger partial charge is 0.248 e. The van der Waals surface area contributed by atoms with Crippen molar-refractivity contribution in [3.8, 4) is 0 Å². The van der Waals surface area contributed by atoms with Gasteiger partial charge in [-0.3, -0.25) is 4.79 Å². The van der Waals surface area contributed by atoms with E-state index in [0.717, 1.165) is 25.2 Å². The minimum Gasteiger partial charge on any atom is -0.311 e. The molecular weight excluding hydrogens is 254 g/mol. The van der Waals surface area contributed by atoms with Crippen molar-refractivity contribution in [3.05, 3.63) is 16.9 Å². The van der Waals surface area contributed by atoms with Gasteiger partial charge in [0.15, 0.2) is 5.13 Å². The van der Waals surface area contributed by atoms with Crippen LogP contribution in [0.1, 0.15) is 10.6 Å². The molecule has 2 N–H and O–H groups in total. The van der Waals surface area contributed by atoms with E-state index in [1.807, 2.05) is 0 Å². The number of thiazole rings is 1. The maximum absolute atomic E-state index is 11.7. The molecule has 1 amide bonds. The molecule has 1 aliphatic heterocycles. The SMILES string of the molecule is O=C(Cn1cnnn1)Nc1nc2c(s1)CNCC2. The summed E-state index contributed by atoms with van der Waals surface area (Å²) in [4.78, 5) is 17.3. The van der Waals surface area contributed by atoms with E-state index < -0.39 is 0 Å². The van der Waals surface area contributed by atoms with Crippen molar-refractivity contribution in [3.63, 3.8) is 0 Å². The van der Waals surface area contributed by atoms with Crippen LogP contribution in [0.25, 0.3) is 0 Å². The fourth-order valence-electron chi connectivity index (χ4n) is 1.74. The Hall–Kier alpha value is -1.87. The Kier molecular flexibility index (Phi) is 2.99. The van der Waals surface area contributed by atoms with Crippen LogP contribution in [0, 0.1) is 0 Å². The quantitative estimate of drug-likeness (QED) is 0.770. The van der Waals surface area contributed by atoms with Gasteiger partial charge in [-0.15, -0.1) is 16.4 Å². The van der Waals surface area contributed by atoms with Crippen LogP contribution in [0.15, 0.2) is 6.33 Å². The minimum atomic E-state index is -0.179. The van der Waals surface area contributed by atoms with Crippen LogP contribution >= 0.6 is 11.3 Å². The molecule has 0 unspecified atom stereocenters. The van der Waals surface area contributed by atoms with Crippen molar-refractivity contribution >= 4 is 22.4 Å². The molecule has 0 atom stereocenters. The van der Waals surface area contributed by atoms with Gasteiger partial charge in [-0.2, -0.15) is 0 Å². The Labute approximate surface area is 106 Å². The van der Waals surface area contributed by atoms with E-state index >= 15 is 0 Å².